The Morgan fingerprint density at radius 2 is 1.80 bits per heavy atom. The quantitative estimate of drug-likeness (QED) is 0.432. The van der Waals surface area contributed by atoms with E-state index in [1.807, 2.05) is 42.5 Å². The minimum absolute atomic E-state index is 0.0617. The van der Waals surface area contributed by atoms with Crippen molar-refractivity contribution in [1.82, 2.24) is 4.90 Å². The van der Waals surface area contributed by atoms with Crippen molar-refractivity contribution in [3.05, 3.63) is 88.7 Å². The topological polar surface area (TPSA) is 65.1 Å². The van der Waals surface area contributed by atoms with Gasteiger partial charge in [0.25, 0.3) is 0 Å². The van der Waals surface area contributed by atoms with Crippen molar-refractivity contribution >= 4 is 12.1 Å². The van der Waals surface area contributed by atoms with Crippen molar-refractivity contribution in [2.24, 2.45) is 0 Å². The van der Waals surface area contributed by atoms with Crippen molar-refractivity contribution < 1.29 is 28.2 Å². The predicted octanol–water partition coefficient (Wildman–Crippen LogP) is 5.30. The monoisotopic (exact) mass is 477 g/mol. The first-order valence-corrected chi connectivity index (χ1v) is 11.6. The predicted molar refractivity (Wildman–Crippen MR) is 129 cm³/mol. The standard InChI is InChI=1S/C28H28FNO5/c1-3-34-27(31)16-21-15-20(9-12-26(21)33-2)22-10-11-25(29)23-13-14-30(17-24(22)23)28(32)35-18-19-7-5-4-6-8-19/h4-12,15H,3,13-14,16-18H2,1-2H3. The number of hydrogen-bond acceptors (Lipinski definition) is 5. The Bertz CT molecular complexity index is 1210. The molecule has 6 nitrogen and oxygen atoms in total. The molecule has 182 valence electrons. The van der Waals surface area contributed by atoms with Gasteiger partial charge in [0.1, 0.15) is 18.2 Å². The van der Waals surface area contributed by atoms with E-state index in [-0.39, 0.29) is 31.4 Å². The molecule has 1 aliphatic rings. The number of esters is 1. The number of methoxy groups -OCH3 is 1. The molecule has 4 rings (SSSR count). The van der Waals surface area contributed by atoms with E-state index in [0.717, 1.165) is 22.3 Å². The third-order valence-electron chi connectivity index (χ3n) is 6.05. The highest BCUT2D eigenvalue weighted by atomic mass is 19.1. The number of carbonyl (C=O) groups excluding carboxylic acids is 2. The van der Waals surface area contributed by atoms with E-state index in [1.165, 1.54) is 6.07 Å². The molecule has 1 heterocycles. The number of halogens is 1. The second kappa shape index (κ2) is 11.0. The summed E-state index contributed by atoms with van der Waals surface area (Å²) in [6.45, 7) is 2.83. The van der Waals surface area contributed by atoms with Gasteiger partial charge in [-0.3, -0.25) is 4.79 Å². The maximum absolute atomic E-state index is 14.7. The Hall–Kier alpha value is -3.87. The normalized spacial score (nSPS) is 12.6. The molecule has 1 amide bonds. The third kappa shape index (κ3) is 5.62. The highest BCUT2D eigenvalue weighted by Crippen LogP contribution is 2.35. The Labute approximate surface area is 204 Å². The van der Waals surface area contributed by atoms with Crippen LogP contribution >= 0.6 is 0 Å². The number of benzene rings is 3. The van der Waals surface area contributed by atoms with E-state index >= 15 is 0 Å². The average molecular weight is 478 g/mol. The van der Waals surface area contributed by atoms with Gasteiger partial charge in [0.05, 0.1) is 20.1 Å². The first kappa shape index (κ1) is 24.3. The fourth-order valence-electron chi connectivity index (χ4n) is 4.32. The van der Waals surface area contributed by atoms with Crippen LogP contribution in [0, 0.1) is 5.82 Å². The van der Waals surface area contributed by atoms with Gasteiger partial charge in [0.15, 0.2) is 0 Å². The first-order valence-electron chi connectivity index (χ1n) is 11.6. The second-order valence-corrected chi connectivity index (χ2v) is 8.27. The van der Waals surface area contributed by atoms with Gasteiger partial charge in [0, 0.05) is 18.7 Å². The minimum atomic E-state index is -0.438. The molecule has 0 fully saturated rings. The van der Waals surface area contributed by atoms with E-state index in [9.17, 15) is 14.0 Å². The van der Waals surface area contributed by atoms with Crippen LogP contribution in [0.1, 0.15) is 29.2 Å². The van der Waals surface area contributed by atoms with Crippen LogP contribution < -0.4 is 4.74 Å². The van der Waals surface area contributed by atoms with Crippen LogP contribution in [0.5, 0.6) is 5.75 Å². The summed E-state index contributed by atoms with van der Waals surface area (Å²) in [5.74, 6) is -0.0679. The molecule has 0 atom stereocenters. The van der Waals surface area contributed by atoms with Crippen LogP contribution in [-0.4, -0.2) is 37.2 Å². The van der Waals surface area contributed by atoms with Crippen molar-refractivity contribution in [1.29, 1.82) is 0 Å². The first-order chi connectivity index (χ1) is 17.0. The van der Waals surface area contributed by atoms with E-state index < -0.39 is 6.09 Å². The SMILES string of the molecule is CCOC(=O)Cc1cc(-c2ccc(F)c3c2CN(C(=O)OCc2ccccc2)CC3)ccc1OC. The van der Waals surface area contributed by atoms with E-state index in [0.29, 0.717) is 36.4 Å². The summed E-state index contributed by atoms with van der Waals surface area (Å²) < 4.78 is 30.7. The van der Waals surface area contributed by atoms with Gasteiger partial charge in [-0.05, 0) is 59.4 Å². The van der Waals surface area contributed by atoms with Crippen LogP contribution in [0.2, 0.25) is 0 Å². The molecular weight excluding hydrogens is 449 g/mol. The van der Waals surface area contributed by atoms with Crippen molar-refractivity contribution in [2.45, 2.75) is 32.9 Å². The minimum Gasteiger partial charge on any atom is -0.496 e. The van der Waals surface area contributed by atoms with Gasteiger partial charge in [-0.15, -0.1) is 0 Å². The zero-order chi connectivity index (χ0) is 24.8. The van der Waals surface area contributed by atoms with E-state index in [1.54, 1.807) is 31.1 Å². The van der Waals surface area contributed by atoms with Crippen LogP contribution in [0.25, 0.3) is 11.1 Å². The lowest BCUT2D eigenvalue weighted by Gasteiger charge is -2.30. The lowest BCUT2D eigenvalue weighted by molar-refractivity contribution is -0.142. The van der Waals surface area contributed by atoms with Crippen LogP contribution in [0.4, 0.5) is 9.18 Å². The van der Waals surface area contributed by atoms with Crippen molar-refractivity contribution in [2.75, 3.05) is 20.3 Å². The molecule has 1 aliphatic heterocycles. The van der Waals surface area contributed by atoms with Gasteiger partial charge < -0.3 is 19.1 Å². The molecular formula is C28H28FNO5. The molecule has 7 heteroatoms. The molecule has 0 spiro atoms. The maximum Gasteiger partial charge on any atom is 0.410 e. The molecule has 0 unspecified atom stereocenters. The molecule has 35 heavy (non-hydrogen) atoms. The fraction of sp³-hybridized carbons (Fsp3) is 0.286. The molecule has 0 aromatic heterocycles. The number of rotatable bonds is 7. The molecule has 0 N–H and O–H groups in total. The molecule has 0 saturated carbocycles. The summed E-state index contributed by atoms with van der Waals surface area (Å²) in [6.07, 6.45) is 0.0143. The number of amides is 1. The van der Waals surface area contributed by atoms with Crippen LogP contribution in [0.15, 0.2) is 60.7 Å². The molecule has 0 radical (unpaired) electrons. The Morgan fingerprint density at radius 3 is 2.54 bits per heavy atom. The van der Waals surface area contributed by atoms with E-state index in [2.05, 4.69) is 0 Å². The number of fused-ring (bicyclic) bond motifs is 1. The third-order valence-corrected chi connectivity index (χ3v) is 6.05. The molecule has 0 bridgehead atoms. The number of carbonyl (C=O) groups is 2. The van der Waals surface area contributed by atoms with Crippen LogP contribution in [0.3, 0.4) is 0 Å². The Balaban J connectivity index is 1.60. The summed E-state index contributed by atoms with van der Waals surface area (Å²) >= 11 is 0. The summed E-state index contributed by atoms with van der Waals surface area (Å²) in [4.78, 5) is 26.5. The maximum atomic E-state index is 14.7. The van der Waals surface area contributed by atoms with E-state index in [4.69, 9.17) is 14.2 Å². The summed E-state index contributed by atoms with van der Waals surface area (Å²) in [5.41, 5.74) is 4.52. The molecule has 3 aromatic carbocycles. The zero-order valence-corrected chi connectivity index (χ0v) is 19.9. The van der Waals surface area contributed by atoms with Gasteiger partial charge in [-0.2, -0.15) is 0 Å². The fourth-order valence-corrected chi connectivity index (χ4v) is 4.32. The van der Waals surface area contributed by atoms with Gasteiger partial charge >= 0.3 is 12.1 Å². The molecule has 0 saturated heterocycles. The van der Waals surface area contributed by atoms with Gasteiger partial charge in [-0.25, -0.2) is 9.18 Å². The van der Waals surface area contributed by atoms with Crippen LogP contribution in [-0.2, 0) is 40.3 Å². The Kier molecular flexibility index (Phi) is 7.65. The molecule has 3 aromatic rings. The zero-order valence-electron chi connectivity index (χ0n) is 19.9. The van der Waals surface area contributed by atoms with Gasteiger partial charge in [-0.1, -0.05) is 42.5 Å². The lowest BCUT2D eigenvalue weighted by Crippen LogP contribution is -2.37. The van der Waals surface area contributed by atoms with Crippen molar-refractivity contribution in [3.63, 3.8) is 0 Å². The smallest absolute Gasteiger partial charge is 0.410 e. The highest BCUT2D eigenvalue weighted by Gasteiger charge is 2.27. The molecule has 0 aliphatic carbocycles. The highest BCUT2D eigenvalue weighted by molar-refractivity contribution is 5.77. The number of nitrogens with zero attached hydrogens (tertiary/aromatic N) is 1. The summed E-state index contributed by atoms with van der Waals surface area (Å²) in [6, 6.07) is 18.1. The number of hydrogen-bond donors (Lipinski definition) is 0. The second-order valence-electron chi connectivity index (χ2n) is 8.27. The lowest BCUT2D eigenvalue weighted by atomic mass is 9.90. The van der Waals surface area contributed by atoms with Crippen molar-refractivity contribution in [3.8, 4) is 16.9 Å². The average Bonchev–Trinajstić information content (AvgIpc) is 2.88. The number of ether oxygens (including phenoxy) is 3. The van der Waals surface area contributed by atoms with Gasteiger partial charge in [0.2, 0.25) is 0 Å². The summed E-state index contributed by atoms with van der Waals surface area (Å²) in [7, 11) is 1.54. The Morgan fingerprint density at radius 1 is 1.00 bits per heavy atom. The largest absolute Gasteiger partial charge is 0.496 e. The summed E-state index contributed by atoms with van der Waals surface area (Å²) in [5, 5.41) is 0.